The maximum atomic E-state index is 13.3. The average Bonchev–Trinajstić information content (AvgIpc) is 3.45. The number of aryl methyl sites for hydroxylation is 1. The average molecular weight is 484 g/mol. The van der Waals surface area contributed by atoms with Gasteiger partial charge in [0.15, 0.2) is 0 Å². The van der Waals surface area contributed by atoms with Crippen molar-refractivity contribution in [2.45, 2.75) is 38.8 Å². The van der Waals surface area contributed by atoms with E-state index in [4.69, 9.17) is 4.74 Å². The van der Waals surface area contributed by atoms with Crippen LogP contribution in [0.15, 0.2) is 66.7 Å². The minimum Gasteiger partial charge on any atom is -0.380 e. The van der Waals surface area contributed by atoms with E-state index in [0.717, 1.165) is 67.1 Å². The molecule has 0 saturated carbocycles. The zero-order valence-corrected chi connectivity index (χ0v) is 21.0. The molecule has 0 aromatic heterocycles. The Hall–Kier alpha value is -3.48. The van der Waals surface area contributed by atoms with Crippen LogP contribution in [0.5, 0.6) is 0 Å². The Bertz CT molecular complexity index is 1250. The van der Waals surface area contributed by atoms with Crippen LogP contribution in [0.3, 0.4) is 0 Å². The molecule has 1 N–H and O–H groups in total. The second-order valence-electron chi connectivity index (χ2n) is 9.57. The number of benzene rings is 3. The van der Waals surface area contributed by atoms with Crippen LogP contribution in [0.2, 0.25) is 0 Å². The summed E-state index contributed by atoms with van der Waals surface area (Å²) in [5, 5.41) is 3.04. The molecule has 2 aliphatic heterocycles. The molecule has 0 bridgehead atoms. The second kappa shape index (κ2) is 10.6. The molecule has 36 heavy (non-hydrogen) atoms. The smallest absolute Gasteiger partial charge is 0.255 e. The number of nitrogens with zero attached hydrogens (tertiary/aromatic N) is 2. The Labute approximate surface area is 212 Å². The van der Waals surface area contributed by atoms with Gasteiger partial charge in [-0.3, -0.25) is 14.5 Å². The van der Waals surface area contributed by atoms with Crippen molar-refractivity contribution < 1.29 is 14.3 Å². The van der Waals surface area contributed by atoms with Crippen molar-refractivity contribution >= 4 is 23.2 Å². The first kappa shape index (κ1) is 24.2. The van der Waals surface area contributed by atoms with Crippen LogP contribution in [-0.4, -0.2) is 49.6 Å². The monoisotopic (exact) mass is 483 g/mol. The molecule has 5 rings (SSSR count). The molecular formula is C30H33N3O3. The fraction of sp³-hybridized carbons (Fsp3) is 0.333. The van der Waals surface area contributed by atoms with Gasteiger partial charge in [-0.2, -0.15) is 0 Å². The van der Waals surface area contributed by atoms with Crippen molar-refractivity contribution in [2.75, 3.05) is 37.0 Å². The van der Waals surface area contributed by atoms with Gasteiger partial charge in [0, 0.05) is 49.6 Å². The molecule has 3 aromatic rings. The van der Waals surface area contributed by atoms with Gasteiger partial charge in [-0.1, -0.05) is 49.4 Å². The zero-order valence-electron chi connectivity index (χ0n) is 21.0. The van der Waals surface area contributed by atoms with Crippen LogP contribution in [0.4, 0.5) is 11.4 Å². The van der Waals surface area contributed by atoms with Gasteiger partial charge in [0.05, 0.1) is 6.61 Å². The molecule has 1 atom stereocenters. The highest BCUT2D eigenvalue weighted by Crippen LogP contribution is 2.31. The van der Waals surface area contributed by atoms with E-state index in [1.807, 2.05) is 48.5 Å². The fourth-order valence-corrected chi connectivity index (χ4v) is 5.21. The molecule has 0 spiro atoms. The van der Waals surface area contributed by atoms with E-state index in [0.29, 0.717) is 23.7 Å². The lowest BCUT2D eigenvalue weighted by Gasteiger charge is -2.27. The summed E-state index contributed by atoms with van der Waals surface area (Å²) >= 11 is 0. The van der Waals surface area contributed by atoms with Crippen molar-refractivity contribution in [3.8, 4) is 11.1 Å². The summed E-state index contributed by atoms with van der Waals surface area (Å²) in [5.41, 5.74) is 6.69. The topological polar surface area (TPSA) is 61.9 Å². The van der Waals surface area contributed by atoms with Gasteiger partial charge >= 0.3 is 0 Å². The van der Waals surface area contributed by atoms with E-state index in [-0.39, 0.29) is 11.8 Å². The number of fused-ring (bicyclic) bond motifs is 1. The Balaban J connectivity index is 1.43. The number of likely N-dealkylation sites (N-methyl/N-ethyl adjacent to an activating group) is 1. The Morgan fingerprint density at radius 1 is 1.08 bits per heavy atom. The third kappa shape index (κ3) is 5.06. The van der Waals surface area contributed by atoms with E-state index in [9.17, 15) is 9.59 Å². The summed E-state index contributed by atoms with van der Waals surface area (Å²) in [6, 6.07) is 22.5. The Morgan fingerprint density at radius 2 is 1.92 bits per heavy atom. The van der Waals surface area contributed by atoms with Gasteiger partial charge < -0.3 is 15.0 Å². The van der Waals surface area contributed by atoms with E-state index < -0.39 is 0 Å². The van der Waals surface area contributed by atoms with E-state index in [1.54, 1.807) is 11.9 Å². The van der Waals surface area contributed by atoms with E-state index in [2.05, 4.69) is 35.3 Å². The lowest BCUT2D eigenvalue weighted by atomic mass is 9.96. The highest BCUT2D eigenvalue weighted by Gasteiger charge is 2.24. The Kier molecular flexibility index (Phi) is 7.16. The molecule has 2 heterocycles. The number of hydrogen-bond donors (Lipinski definition) is 1. The van der Waals surface area contributed by atoms with Gasteiger partial charge in [0.2, 0.25) is 5.91 Å². The van der Waals surface area contributed by atoms with Crippen LogP contribution in [0, 0.1) is 0 Å². The number of carbonyl (C=O) groups is 2. The van der Waals surface area contributed by atoms with Gasteiger partial charge in [-0.25, -0.2) is 0 Å². The minimum absolute atomic E-state index is 0.0975. The van der Waals surface area contributed by atoms with Crippen LogP contribution >= 0.6 is 0 Å². The van der Waals surface area contributed by atoms with Gasteiger partial charge in [-0.15, -0.1) is 0 Å². The number of hydrogen-bond acceptors (Lipinski definition) is 4. The van der Waals surface area contributed by atoms with Crippen molar-refractivity contribution in [1.82, 2.24) is 4.90 Å². The second-order valence-corrected chi connectivity index (χ2v) is 9.57. The summed E-state index contributed by atoms with van der Waals surface area (Å²) in [4.78, 5) is 29.6. The zero-order chi connectivity index (χ0) is 25.1. The van der Waals surface area contributed by atoms with Crippen molar-refractivity contribution in [1.29, 1.82) is 0 Å². The highest BCUT2D eigenvalue weighted by atomic mass is 16.5. The first-order valence-corrected chi connectivity index (χ1v) is 12.7. The molecule has 0 radical (unpaired) electrons. The largest absolute Gasteiger partial charge is 0.380 e. The van der Waals surface area contributed by atoms with Crippen LogP contribution in [-0.2, 0) is 22.5 Å². The normalized spacial score (nSPS) is 17.4. The molecule has 2 aliphatic rings. The number of nitrogens with one attached hydrogen (secondary N) is 1. The maximum absolute atomic E-state index is 13.3. The van der Waals surface area contributed by atoms with Crippen LogP contribution < -0.4 is 10.2 Å². The first-order valence-electron chi connectivity index (χ1n) is 12.7. The predicted octanol–water partition coefficient (Wildman–Crippen LogP) is 5.13. The van der Waals surface area contributed by atoms with Crippen molar-refractivity contribution in [3.63, 3.8) is 0 Å². The van der Waals surface area contributed by atoms with Crippen LogP contribution in [0.25, 0.3) is 11.1 Å². The summed E-state index contributed by atoms with van der Waals surface area (Å²) in [7, 11) is 1.79. The number of carbonyl (C=O) groups excluding carboxylic acids is 2. The first-order chi connectivity index (χ1) is 17.5. The van der Waals surface area contributed by atoms with Gasteiger partial charge in [-0.05, 0) is 65.9 Å². The molecule has 0 aliphatic carbocycles. The van der Waals surface area contributed by atoms with E-state index >= 15 is 0 Å². The third-order valence-electron chi connectivity index (χ3n) is 7.34. The SMILES string of the molecule is CCN(Cc1cc(C(=O)Nc2ccc3c(c2)N(C)C(=O)CC3)ccc1-c1ccccc1)C1CCOC1. The summed E-state index contributed by atoms with van der Waals surface area (Å²) < 4.78 is 5.64. The molecule has 2 amide bonds. The number of rotatable bonds is 7. The van der Waals surface area contributed by atoms with Crippen molar-refractivity contribution in [3.05, 3.63) is 83.4 Å². The predicted molar refractivity (Wildman–Crippen MR) is 143 cm³/mol. The third-order valence-corrected chi connectivity index (χ3v) is 7.34. The Morgan fingerprint density at radius 3 is 2.67 bits per heavy atom. The number of amides is 2. The molecular weight excluding hydrogens is 450 g/mol. The van der Waals surface area contributed by atoms with Crippen molar-refractivity contribution in [2.24, 2.45) is 0 Å². The molecule has 6 heteroatoms. The molecule has 186 valence electrons. The summed E-state index contributed by atoms with van der Waals surface area (Å²) in [6.45, 7) is 5.40. The summed E-state index contributed by atoms with van der Waals surface area (Å²) in [5.74, 6) is -0.0619. The van der Waals surface area contributed by atoms with Gasteiger partial charge in [0.25, 0.3) is 5.91 Å². The quantitative estimate of drug-likeness (QED) is 0.506. The molecule has 6 nitrogen and oxygen atoms in total. The standard InChI is InChI=1S/C30H33N3O3/c1-3-33(26-15-16-36-20-26)19-24-17-23(10-13-27(24)21-7-5-4-6-8-21)30(35)31-25-12-9-22-11-14-29(34)32(2)28(22)18-25/h4-10,12-13,17-18,26H,3,11,14-16,19-20H2,1-2H3,(H,31,35). The lowest BCUT2D eigenvalue weighted by molar-refractivity contribution is -0.118. The number of anilines is 2. The molecule has 3 aromatic carbocycles. The minimum atomic E-state index is -0.159. The molecule has 1 fully saturated rings. The highest BCUT2D eigenvalue weighted by molar-refractivity contribution is 6.05. The fourth-order valence-electron chi connectivity index (χ4n) is 5.21. The lowest BCUT2D eigenvalue weighted by Crippen LogP contribution is -2.35. The summed E-state index contributed by atoms with van der Waals surface area (Å²) in [6.07, 6.45) is 2.29. The molecule has 1 unspecified atom stereocenters. The maximum Gasteiger partial charge on any atom is 0.255 e. The van der Waals surface area contributed by atoms with Gasteiger partial charge in [0.1, 0.15) is 0 Å². The van der Waals surface area contributed by atoms with E-state index in [1.165, 1.54) is 0 Å². The molecule has 1 saturated heterocycles. The number of ether oxygens (including phenoxy) is 1. The van der Waals surface area contributed by atoms with Crippen LogP contribution in [0.1, 0.15) is 41.3 Å².